The Morgan fingerprint density at radius 3 is 2.71 bits per heavy atom. The van der Waals surface area contributed by atoms with Gasteiger partial charge in [0.15, 0.2) is 0 Å². The van der Waals surface area contributed by atoms with Gasteiger partial charge in [-0.05, 0) is 40.6 Å². The predicted octanol–water partition coefficient (Wildman–Crippen LogP) is 3.66. The molecule has 1 saturated carbocycles. The number of aromatic nitrogens is 1. The molecule has 0 spiro atoms. The molecule has 0 unspecified atom stereocenters. The Kier molecular flexibility index (Phi) is 4.26. The Morgan fingerprint density at radius 1 is 1.35 bits per heavy atom. The molecule has 0 atom stereocenters. The Morgan fingerprint density at radius 2 is 2.06 bits per heavy atom. The molecule has 0 amide bonds. The average molecular weight is 298 g/mol. The quantitative estimate of drug-likeness (QED) is 0.895. The summed E-state index contributed by atoms with van der Waals surface area (Å²) in [4.78, 5) is 4.04. The molecule has 1 aromatic rings. The van der Waals surface area contributed by atoms with Crippen molar-refractivity contribution in [1.29, 1.82) is 0 Å². The van der Waals surface area contributed by atoms with Crippen molar-refractivity contribution in [1.82, 2.24) is 4.98 Å². The van der Waals surface area contributed by atoms with Crippen molar-refractivity contribution in [3.05, 3.63) is 16.9 Å². The average Bonchev–Trinajstić information content (AvgIpc) is 2.31. The summed E-state index contributed by atoms with van der Waals surface area (Å²) in [5, 5.41) is 3.45. The lowest BCUT2D eigenvalue weighted by Crippen LogP contribution is -2.20. The fourth-order valence-electron chi connectivity index (χ4n) is 2.42. The lowest BCUT2D eigenvalue weighted by molar-refractivity contribution is 0.300. The number of pyridine rings is 1. The third kappa shape index (κ3) is 3.35. The highest BCUT2D eigenvalue weighted by atomic mass is 79.9. The van der Waals surface area contributed by atoms with Gasteiger partial charge in [0.1, 0.15) is 0 Å². The van der Waals surface area contributed by atoms with E-state index in [1.165, 1.54) is 25.7 Å². The minimum absolute atomic E-state index is 0.712. The van der Waals surface area contributed by atoms with Crippen LogP contribution in [0.5, 0.6) is 0 Å². The van der Waals surface area contributed by atoms with Gasteiger partial charge in [-0.2, -0.15) is 0 Å². The van der Waals surface area contributed by atoms with Crippen molar-refractivity contribution in [3.63, 3.8) is 0 Å². The summed E-state index contributed by atoms with van der Waals surface area (Å²) in [5.74, 6) is 1.69. The fourth-order valence-corrected chi connectivity index (χ4v) is 2.90. The molecule has 0 radical (unpaired) electrons. The van der Waals surface area contributed by atoms with Crippen LogP contribution in [-0.4, -0.2) is 11.5 Å². The van der Waals surface area contributed by atoms with Crippen LogP contribution in [0.25, 0.3) is 0 Å². The smallest absolute Gasteiger partial charge is 0.0750 e. The zero-order chi connectivity index (χ0) is 12.3. The number of halogens is 1. The van der Waals surface area contributed by atoms with E-state index in [0.29, 0.717) is 5.69 Å². The Labute approximate surface area is 111 Å². The molecule has 94 valence electrons. The highest BCUT2D eigenvalue weighted by Crippen LogP contribution is 2.31. The molecule has 3 N–H and O–H groups in total. The van der Waals surface area contributed by atoms with Crippen LogP contribution >= 0.6 is 15.9 Å². The first kappa shape index (κ1) is 12.7. The van der Waals surface area contributed by atoms with Crippen LogP contribution in [0.3, 0.4) is 0 Å². The first-order valence-corrected chi connectivity index (χ1v) is 7.09. The number of nitrogens with zero attached hydrogens (tertiary/aromatic N) is 1. The summed E-state index contributed by atoms with van der Waals surface area (Å²) in [7, 11) is 0. The fraction of sp³-hybridized carbons (Fsp3) is 0.615. The number of hydrogen-bond acceptors (Lipinski definition) is 3. The molecule has 17 heavy (non-hydrogen) atoms. The topological polar surface area (TPSA) is 50.9 Å². The van der Waals surface area contributed by atoms with Gasteiger partial charge in [-0.3, -0.25) is 4.98 Å². The molecule has 0 bridgehead atoms. The van der Waals surface area contributed by atoms with Gasteiger partial charge in [-0.25, -0.2) is 0 Å². The van der Waals surface area contributed by atoms with E-state index in [9.17, 15) is 0 Å². The zero-order valence-corrected chi connectivity index (χ0v) is 11.8. The molecule has 1 aliphatic rings. The Hall–Kier alpha value is -0.770. The van der Waals surface area contributed by atoms with Gasteiger partial charge >= 0.3 is 0 Å². The monoisotopic (exact) mass is 297 g/mol. The van der Waals surface area contributed by atoms with Crippen molar-refractivity contribution < 1.29 is 0 Å². The Balaban J connectivity index is 1.89. The minimum Gasteiger partial charge on any atom is -0.396 e. The van der Waals surface area contributed by atoms with E-state index >= 15 is 0 Å². The van der Waals surface area contributed by atoms with Gasteiger partial charge in [0.05, 0.1) is 22.0 Å². The maximum absolute atomic E-state index is 5.90. The maximum Gasteiger partial charge on any atom is 0.0750 e. The number of rotatable bonds is 3. The molecule has 4 heteroatoms. The van der Waals surface area contributed by atoms with Crippen molar-refractivity contribution in [2.24, 2.45) is 11.8 Å². The second-order valence-corrected chi connectivity index (χ2v) is 5.95. The van der Waals surface area contributed by atoms with Gasteiger partial charge in [0, 0.05) is 12.7 Å². The van der Waals surface area contributed by atoms with E-state index < -0.39 is 0 Å². The zero-order valence-electron chi connectivity index (χ0n) is 10.2. The van der Waals surface area contributed by atoms with E-state index in [0.717, 1.165) is 28.5 Å². The Bertz CT molecular complexity index is 353. The summed E-state index contributed by atoms with van der Waals surface area (Å²) >= 11 is 3.48. The van der Waals surface area contributed by atoms with Gasteiger partial charge in [-0.1, -0.05) is 19.8 Å². The largest absolute Gasteiger partial charge is 0.396 e. The van der Waals surface area contributed by atoms with Crippen LogP contribution in [0.1, 0.15) is 32.6 Å². The van der Waals surface area contributed by atoms with Gasteiger partial charge < -0.3 is 11.1 Å². The summed E-state index contributed by atoms with van der Waals surface area (Å²) in [5.41, 5.74) is 7.60. The molecule has 1 aromatic heterocycles. The standard InChI is InChI=1S/C13H20BrN3/c1-9-2-4-10(5-3-9)6-17-13-11(14)7-16-8-12(13)15/h7-10H,2-6,15H2,1H3,(H,16,17). The summed E-state index contributed by atoms with van der Waals surface area (Å²) in [6.07, 6.45) is 8.85. The van der Waals surface area contributed by atoms with E-state index in [2.05, 4.69) is 33.2 Å². The number of nitrogens with two attached hydrogens (primary N) is 1. The second kappa shape index (κ2) is 5.71. The first-order valence-electron chi connectivity index (χ1n) is 6.29. The number of anilines is 2. The molecular weight excluding hydrogens is 278 g/mol. The highest BCUT2D eigenvalue weighted by molar-refractivity contribution is 9.10. The van der Waals surface area contributed by atoms with E-state index in [-0.39, 0.29) is 0 Å². The van der Waals surface area contributed by atoms with Crippen molar-refractivity contribution >= 4 is 27.3 Å². The second-order valence-electron chi connectivity index (χ2n) is 5.09. The van der Waals surface area contributed by atoms with Crippen LogP contribution in [0.15, 0.2) is 16.9 Å². The SMILES string of the molecule is CC1CCC(CNc2c(N)cncc2Br)CC1. The first-order chi connectivity index (χ1) is 8.16. The van der Waals surface area contributed by atoms with Crippen LogP contribution in [0.4, 0.5) is 11.4 Å². The number of nitrogen functional groups attached to an aromatic ring is 1. The molecule has 3 nitrogen and oxygen atoms in total. The molecule has 2 rings (SSSR count). The molecular formula is C13H20BrN3. The predicted molar refractivity (Wildman–Crippen MR) is 76.0 cm³/mol. The van der Waals surface area contributed by atoms with Crippen LogP contribution in [0, 0.1) is 11.8 Å². The molecule has 0 saturated heterocycles. The van der Waals surface area contributed by atoms with Crippen LogP contribution in [-0.2, 0) is 0 Å². The van der Waals surface area contributed by atoms with E-state index in [4.69, 9.17) is 5.73 Å². The van der Waals surface area contributed by atoms with E-state index in [1.54, 1.807) is 12.4 Å². The van der Waals surface area contributed by atoms with Crippen molar-refractivity contribution in [2.45, 2.75) is 32.6 Å². The molecule has 1 aliphatic carbocycles. The minimum atomic E-state index is 0.712. The van der Waals surface area contributed by atoms with Gasteiger partial charge in [0.2, 0.25) is 0 Å². The molecule has 1 heterocycles. The lowest BCUT2D eigenvalue weighted by Gasteiger charge is -2.26. The summed E-state index contributed by atoms with van der Waals surface area (Å²) in [6.45, 7) is 3.36. The van der Waals surface area contributed by atoms with Crippen molar-refractivity contribution in [3.8, 4) is 0 Å². The third-order valence-corrected chi connectivity index (χ3v) is 4.23. The van der Waals surface area contributed by atoms with Crippen LogP contribution < -0.4 is 11.1 Å². The normalized spacial score (nSPS) is 24.6. The summed E-state index contributed by atoms with van der Waals surface area (Å²) < 4.78 is 0.946. The molecule has 0 aliphatic heterocycles. The maximum atomic E-state index is 5.90. The lowest BCUT2D eigenvalue weighted by atomic mass is 9.83. The van der Waals surface area contributed by atoms with Crippen molar-refractivity contribution in [2.75, 3.05) is 17.6 Å². The highest BCUT2D eigenvalue weighted by Gasteiger charge is 2.18. The summed E-state index contributed by atoms with van der Waals surface area (Å²) in [6, 6.07) is 0. The van der Waals surface area contributed by atoms with Crippen LogP contribution in [0.2, 0.25) is 0 Å². The number of hydrogen-bond donors (Lipinski definition) is 2. The molecule has 0 aromatic carbocycles. The van der Waals surface area contributed by atoms with Gasteiger partial charge in [-0.15, -0.1) is 0 Å². The third-order valence-electron chi connectivity index (χ3n) is 3.63. The number of nitrogens with one attached hydrogen (secondary N) is 1. The van der Waals surface area contributed by atoms with E-state index in [1.807, 2.05) is 0 Å². The molecule has 1 fully saturated rings. The van der Waals surface area contributed by atoms with Gasteiger partial charge in [0.25, 0.3) is 0 Å².